The number of aromatic nitrogens is 4. The average molecular weight is 342 g/mol. The number of rotatable bonds is 6. The van der Waals surface area contributed by atoms with Crippen molar-refractivity contribution in [3.05, 3.63) is 35.0 Å². The predicted octanol–water partition coefficient (Wildman–Crippen LogP) is 1.25. The Morgan fingerprint density at radius 2 is 2.32 bits per heavy atom. The fourth-order valence-electron chi connectivity index (χ4n) is 3.18. The Hall–Kier alpha value is -2.48. The molecule has 132 valence electrons. The molecular weight excluding hydrogens is 320 g/mol. The number of hydrogen-bond acceptors (Lipinski definition) is 6. The first-order chi connectivity index (χ1) is 12.2. The van der Waals surface area contributed by atoms with E-state index in [9.17, 15) is 4.79 Å². The van der Waals surface area contributed by atoms with Crippen LogP contribution in [0.25, 0.3) is 0 Å². The van der Waals surface area contributed by atoms with Crippen LogP contribution in [0.2, 0.25) is 0 Å². The summed E-state index contributed by atoms with van der Waals surface area (Å²) in [4.78, 5) is 23.0. The van der Waals surface area contributed by atoms with Crippen molar-refractivity contribution < 1.29 is 9.53 Å². The third-order valence-corrected chi connectivity index (χ3v) is 4.67. The van der Waals surface area contributed by atoms with Crippen molar-refractivity contribution in [2.75, 3.05) is 19.0 Å². The standard InChI is InChI=1S/C17H22N6O2/c1-25-9-13-6-12(21-22-13)7-18-16-14-4-5-23(17(24)11-2-3-11)8-15(14)19-10-20-16/h6,10-11H,2-5,7-9H2,1H3,(H,21,22)(H,18,19,20). The lowest BCUT2D eigenvalue weighted by molar-refractivity contribution is -0.133. The molecule has 2 aromatic rings. The van der Waals surface area contributed by atoms with Crippen LogP contribution in [0, 0.1) is 5.92 Å². The van der Waals surface area contributed by atoms with Crippen molar-refractivity contribution in [3.63, 3.8) is 0 Å². The number of H-pyrrole nitrogens is 1. The Bertz CT molecular complexity index is 770. The molecule has 0 bridgehead atoms. The highest BCUT2D eigenvalue weighted by molar-refractivity contribution is 5.81. The molecule has 2 N–H and O–H groups in total. The summed E-state index contributed by atoms with van der Waals surface area (Å²) < 4.78 is 5.07. The molecule has 3 heterocycles. The van der Waals surface area contributed by atoms with Crippen LogP contribution in [0.15, 0.2) is 12.4 Å². The lowest BCUT2D eigenvalue weighted by Gasteiger charge is -2.29. The van der Waals surface area contributed by atoms with Gasteiger partial charge in [0.25, 0.3) is 0 Å². The van der Waals surface area contributed by atoms with Crippen LogP contribution in [0.3, 0.4) is 0 Å². The van der Waals surface area contributed by atoms with Gasteiger partial charge in [-0.1, -0.05) is 0 Å². The maximum Gasteiger partial charge on any atom is 0.226 e. The van der Waals surface area contributed by atoms with Crippen molar-refractivity contribution in [2.24, 2.45) is 5.92 Å². The van der Waals surface area contributed by atoms with E-state index in [0.717, 1.165) is 54.3 Å². The quantitative estimate of drug-likeness (QED) is 0.820. The molecule has 2 aromatic heterocycles. The van der Waals surface area contributed by atoms with Crippen molar-refractivity contribution in [2.45, 2.75) is 39.0 Å². The van der Waals surface area contributed by atoms with Gasteiger partial charge in [0.05, 0.1) is 36.8 Å². The summed E-state index contributed by atoms with van der Waals surface area (Å²) in [6.45, 7) is 2.42. The van der Waals surface area contributed by atoms with Crippen LogP contribution in [0.5, 0.6) is 0 Å². The Kier molecular flexibility index (Phi) is 4.35. The molecule has 1 saturated carbocycles. The number of hydrogen-bond donors (Lipinski definition) is 2. The molecule has 1 amide bonds. The monoisotopic (exact) mass is 342 g/mol. The molecule has 0 atom stereocenters. The maximum atomic E-state index is 12.3. The van der Waals surface area contributed by atoms with Crippen LogP contribution in [-0.2, 0) is 35.6 Å². The fraction of sp³-hybridized carbons (Fsp3) is 0.529. The molecule has 4 rings (SSSR count). The molecule has 0 spiro atoms. The highest BCUT2D eigenvalue weighted by Crippen LogP contribution is 2.33. The van der Waals surface area contributed by atoms with Gasteiger partial charge in [-0.3, -0.25) is 9.89 Å². The van der Waals surface area contributed by atoms with Gasteiger partial charge < -0.3 is 15.0 Å². The van der Waals surface area contributed by atoms with Crippen molar-refractivity contribution >= 4 is 11.7 Å². The third-order valence-electron chi connectivity index (χ3n) is 4.67. The van der Waals surface area contributed by atoms with Crippen LogP contribution >= 0.6 is 0 Å². The number of ether oxygens (including phenoxy) is 1. The zero-order chi connectivity index (χ0) is 17.2. The van der Waals surface area contributed by atoms with Crippen LogP contribution in [0.4, 0.5) is 5.82 Å². The van der Waals surface area contributed by atoms with E-state index >= 15 is 0 Å². The average Bonchev–Trinajstić information content (AvgIpc) is 3.39. The first-order valence-electron chi connectivity index (χ1n) is 8.62. The Morgan fingerprint density at radius 3 is 3.12 bits per heavy atom. The van der Waals surface area contributed by atoms with Gasteiger partial charge in [0, 0.05) is 25.1 Å². The van der Waals surface area contributed by atoms with E-state index in [2.05, 4.69) is 25.5 Å². The first kappa shape index (κ1) is 16.0. The molecule has 0 unspecified atom stereocenters. The lowest BCUT2D eigenvalue weighted by atomic mass is 10.0. The van der Waals surface area contributed by atoms with Gasteiger partial charge in [-0.05, 0) is 25.3 Å². The molecule has 25 heavy (non-hydrogen) atoms. The number of amides is 1. The van der Waals surface area contributed by atoms with E-state index in [-0.39, 0.29) is 11.8 Å². The molecule has 8 heteroatoms. The number of anilines is 1. The molecule has 1 fully saturated rings. The minimum atomic E-state index is 0.252. The second-order valence-electron chi connectivity index (χ2n) is 6.60. The molecule has 8 nitrogen and oxygen atoms in total. The minimum absolute atomic E-state index is 0.252. The van der Waals surface area contributed by atoms with E-state index < -0.39 is 0 Å². The lowest BCUT2D eigenvalue weighted by Crippen LogP contribution is -2.37. The Labute approximate surface area is 146 Å². The first-order valence-corrected chi connectivity index (χ1v) is 8.62. The van der Waals surface area contributed by atoms with Gasteiger partial charge in [0.2, 0.25) is 5.91 Å². The highest BCUT2D eigenvalue weighted by Gasteiger charge is 2.35. The van der Waals surface area contributed by atoms with E-state index in [4.69, 9.17) is 4.74 Å². The zero-order valence-corrected chi connectivity index (χ0v) is 14.3. The number of methoxy groups -OCH3 is 1. The number of carbonyl (C=O) groups is 1. The molecule has 1 aliphatic carbocycles. The summed E-state index contributed by atoms with van der Waals surface area (Å²) in [5.74, 6) is 1.37. The van der Waals surface area contributed by atoms with Gasteiger partial charge in [0.15, 0.2) is 0 Å². The molecule has 2 aliphatic rings. The van der Waals surface area contributed by atoms with E-state index in [1.807, 2.05) is 11.0 Å². The molecule has 0 saturated heterocycles. The van der Waals surface area contributed by atoms with Crippen LogP contribution in [-0.4, -0.2) is 44.6 Å². The molecular formula is C17H22N6O2. The summed E-state index contributed by atoms with van der Waals surface area (Å²) >= 11 is 0. The second kappa shape index (κ2) is 6.79. The normalized spacial score (nSPS) is 16.6. The van der Waals surface area contributed by atoms with E-state index in [1.165, 1.54) is 0 Å². The maximum absolute atomic E-state index is 12.3. The number of nitrogens with one attached hydrogen (secondary N) is 2. The summed E-state index contributed by atoms with van der Waals surface area (Å²) in [7, 11) is 1.65. The van der Waals surface area contributed by atoms with Gasteiger partial charge >= 0.3 is 0 Å². The van der Waals surface area contributed by atoms with Gasteiger partial charge in [0.1, 0.15) is 12.1 Å². The highest BCUT2D eigenvalue weighted by atomic mass is 16.5. The van der Waals surface area contributed by atoms with E-state index in [0.29, 0.717) is 19.7 Å². The summed E-state index contributed by atoms with van der Waals surface area (Å²) in [5.41, 5.74) is 3.90. The topological polar surface area (TPSA) is 96.0 Å². The van der Waals surface area contributed by atoms with Crippen molar-refractivity contribution in [3.8, 4) is 0 Å². The Morgan fingerprint density at radius 1 is 1.44 bits per heavy atom. The largest absolute Gasteiger partial charge is 0.378 e. The smallest absolute Gasteiger partial charge is 0.226 e. The number of nitrogens with zero attached hydrogens (tertiary/aromatic N) is 4. The zero-order valence-electron chi connectivity index (χ0n) is 14.3. The predicted molar refractivity (Wildman–Crippen MR) is 90.5 cm³/mol. The molecule has 0 aromatic carbocycles. The Balaban J connectivity index is 1.43. The summed E-state index contributed by atoms with van der Waals surface area (Å²) in [6, 6.07) is 1.97. The van der Waals surface area contributed by atoms with Crippen LogP contribution < -0.4 is 5.32 Å². The SMILES string of the molecule is COCc1cc(CNc2ncnc3c2CCN(C(=O)C2CC2)C3)[nH]n1. The van der Waals surface area contributed by atoms with Gasteiger partial charge in [-0.2, -0.15) is 5.10 Å². The number of aromatic amines is 1. The number of fused-ring (bicyclic) bond motifs is 1. The summed E-state index contributed by atoms with van der Waals surface area (Å²) in [6.07, 6.45) is 4.42. The van der Waals surface area contributed by atoms with Crippen LogP contribution in [0.1, 0.15) is 35.5 Å². The van der Waals surface area contributed by atoms with Gasteiger partial charge in [-0.25, -0.2) is 9.97 Å². The molecule has 1 aliphatic heterocycles. The molecule has 0 radical (unpaired) electrons. The van der Waals surface area contributed by atoms with Crippen molar-refractivity contribution in [1.82, 2.24) is 25.1 Å². The summed E-state index contributed by atoms with van der Waals surface area (Å²) in [5, 5.41) is 10.5. The van der Waals surface area contributed by atoms with Crippen molar-refractivity contribution in [1.29, 1.82) is 0 Å². The minimum Gasteiger partial charge on any atom is -0.378 e. The fourth-order valence-corrected chi connectivity index (χ4v) is 3.18. The third kappa shape index (κ3) is 3.48. The number of carbonyl (C=O) groups excluding carboxylic acids is 1. The van der Waals surface area contributed by atoms with E-state index in [1.54, 1.807) is 13.4 Å². The second-order valence-corrected chi connectivity index (χ2v) is 6.60. The van der Waals surface area contributed by atoms with Gasteiger partial charge in [-0.15, -0.1) is 0 Å².